The number of nitrogens with zero attached hydrogens (tertiary/aromatic N) is 2. The summed E-state index contributed by atoms with van der Waals surface area (Å²) in [6.45, 7) is 0. The molecule has 0 aliphatic heterocycles. The molecule has 0 fully saturated rings. The Balaban J connectivity index is 0.000000121. The van der Waals surface area contributed by atoms with Crippen LogP contribution in [0.5, 0.6) is 0 Å². The summed E-state index contributed by atoms with van der Waals surface area (Å²) < 4.78 is 7.16. The molecule has 0 bridgehead atoms. The van der Waals surface area contributed by atoms with Crippen LogP contribution in [0.15, 0.2) is 62.5 Å². The van der Waals surface area contributed by atoms with Crippen molar-refractivity contribution in [1.82, 2.24) is 9.97 Å². The fourth-order valence-corrected chi connectivity index (χ4v) is 3.03. The molecule has 0 atom stereocenters. The molecule has 0 saturated carbocycles. The minimum Gasteiger partial charge on any atom is -0.432 e. The molecule has 0 radical (unpaired) electrons. The van der Waals surface area contributed by atoms with Crippen molar-refractivity contribution in [2.24, 2.45) is 0 Å². The second-order valence-corrected chi connectivity index (χ2v) is 6.07. The Morgan fingerprint density at radius 2 is 1.55 bits per heavy atom. The van der Waals surface area contributed by atoms with Gasteiger partial charge in [0.15, 0.2) is 5.58 Å². The molecule has 100 valence electrons. The summed E-state index contributed by atoms with van der Waals surface area (Å²) >= 11 is 9.72. The number of hydrogen-bond donors (Lipinski definition) is 2. The molecule has 0 saturated heterocycles. The van der Waals surface area contributed by atoms with E-state index >= 15 is 0 Å². The lowest BCUT2D eigenvalue weighted by Crippen LogP contribution is -1.63. The summed E-state index contributed by atoms with van der Waals surface area (Å²) in [4.78, 5) is 8.21. The van der Waals surface area contributed by atoms with Crippen molar-refractivity contribution in [3.8, 4) is 0 Å². The van der Waals surface area contributed by atoms with Gasteiger partial charge in [-0.1, -0.05) is 36.9 Å². The highest BCUT2D eigenvalue weighted by Crippen LogP contribution is 2.23. The Kier molecular flexibility index (Phi) is 3.95. The molecule has 2 aromatic carbocycles. The maximum absolute atomic E-state index is 5.12. The fraction of sp³-hybridized carbons (Fsp3) is 0. The van der Waals surface area contributed by atoms with Crippen LogP contribution < -0.4 is 0 Å². The normalized spacial score (nSPS) is 10.5. The lowest BCUT2D eigenvalue weighted by molar-refractivity contribution is 0.492. The predicted octanol–water partition coefficient (Wildman–Crippen LogP) is 4.70. The molecule has 6 heteroatoms. The molecule has 0 amide bonds. The molecule has 0 spiro atoms. The van der Waals surface area contributed by atoms with Crippen LogP contribution in [0.25, 0.3) is 21.3 Å². The van der Waals surface area contributed by atoms with Gasteiger partial charge >= 0.3 is 0 Å². The zero-order valence-corrected chi connectivity index (χ0v) is 12.8. The van der Waals surface area contributed by atoms with E-state index in [-0.39, 0.29) is 0 Å². The van der Waals surface area contributed by atoms with E-state index in [9.17, 15) is 0 Å². The summed E-state index contributed by atoms with van der Waals surface area (Å²) in [6.07, 6.45) is 0. The molecule has 3 nitrogen and oxygen atoms in total. The van der Waals surface area contributed by atoms with Gasteiger partial charge in [0.05, 0.1) is 10.2 Å². The van der Waals surface area contributed by atoms with Gasteiger partial charge in [-0.05, 0) is 24.3 Å². The molecule has 0 N–H and O–H groups in total. The first-order valence-corrected chi connectivity index (χ1v) is 7.52. The van der Waals surface area contributed by atoms with Crippen LogP contribution in [0.3, 0.4) is 0 Å². The highest BCUT2D eigenvalue weighted by atomic mass is 32.2. The number of benzene rings is 2. The van der Waals surface area contributed by atoms with Crippen molar-refractivity contribution >= 4 is 57.9 Å². The average molecular weight is 318 g/mol. The number of para-hydroxylation sites is 3. The largest absolute Gasteiger partial charge is 0.432 e. The van der Waals surface area contributed by atoms with E-state index in [1.54, 1.807) is 11.3 Å². The number of fused-ring (bicyclic) bond motifs is 2. The van der Waals surface area contributed by atoms with E-state index in [1.807, 2.05) is 48.5 Å². The van der Waals surface area contributed by atoms with E-state index < -0.39 is 0 Å². The van der Waals surface area contributed by atoms with Gasteiger partial charge in [-0.2, -0.15) is 0 Å². The highest BCUT2D eigenvalue weighted by molar-refractivity contribution is 7.83. The SMILES string of the molecule is Sc1nc2ccccc2o1.Sc1nc2ccccc2s1. The quantitative estimate of drug-likeness (QED) is 0.462. The lowest BCUT2D eigenvalue weighted by Gasteiger charge is -1.80. The van der Waals surface area contributed by atoms with Gasteiger partial charge < -0.3 is 4.42 Å². The van der Waals surface area contributed by atoms with Gasteiger partial charge in [0.25, 0.3) is 5.22 Å². The van der Waals surface area contributed by atoms with E-state index in [0.717, 1.165) is 21.0 Å². The second kappa shape index (κ2) is 5.87. The van der Waals surface area contributed by atoms with Crippen LogP contribution in [0, 0.1) is 0 Å². The molecule has 20 heavy (non-hydrogen) atoms. The van der Waals surface area contributed by atoms with E-state index in [0.29, 0.717) is 5.22 Å². The summed E-state index contributed by atoms with van der Waals surface area (Å²) in [7, 11) is 0. The minimum atomic E-state index is 0.418. The Morgan fingerprint density at radius 1 is 0.850 bits per heavy atom. The van der Waals surface area contributed by atoms with Gasteiger partial charge in [-0.15, -0.1) is 24.0 Å². The standard InChI is InChI=1S/C7H5NOS.C7H5NS2/c10-7-8-5-3-1-2-4-6(5)9-7;9-7-8-5-3-1-2-4-6(5)10-7/h1-4H,(H,8,10);1-4H,(H,8,9). The van der Waals surface area contributed by atoms with Gasteiger partial charge in [-0.3, -0.25) is 0 Å². The van der Waals surface area contributed by atoms with Crippen molar-refractivity contribution in [2.75, 3.05) is 0 Å². The Bertz CT molecular complexity index is 716. The molecular formula is C14H10N2OS3. The number of thiol groups is 2. The van der Waals surface area contributed by atoms with Crippen molar-refractivity contribution in [1.29, 1.82) is 0 Å². The molecule has 4 rings (SSSR count). The first kappa shape index (κ1) is 13.5. The van der Waals surface area contributed by atoms with Crippen LogP contribution in [-0.2, 0) is 0 Å². The summed E-state index contributed by atoms with van der Waals surface area (Å²) in [6, 6.07) is 15.6. The molecular weight excluding hydrogens is 308 g/mol. The molecule has 0 aliphatic carbocycles. The third kappa shape index (κ3) is 2.98. The average Bonchev–Trinajstić information content (AvgIpc) is 2.99. The van der Waals surface area contributed by atoms with Crippen LogP contribution in [0.2, 0.25) is 0 Å². The summed E-state index contributed by atoms with van der Waals surface area (Å²) in [5.74, 6) is 0. The number of rotatable bonds is 0. The van der Waals surface area contributed by atoms with Crippen molar-refractivity contribution in [3.05, 3.63) is 48.5 Å². The lowest BCUT2D eigenvalue weighted by atomic mass is 10.3. The van der Waals surface area contributed by atoms with Gasteiger partial charge in [0.2, 0.25) is 0 Å². The van der Waals surface area contributed by atoms with Crippen molar-refractivity contribution in [2.45, 2.75) is 9.56 Å². The van der Waals surface area contributed by atoms with E-state index in [2.05, 4.69) is 35.2 Å². The molecule has 0 aliphatic rings. The minimum absolute atomic E-state index is 0.418. The Labute approximate surface area is 130 Å². The van der Waals surface area contributed by atoms with Crippen LogP contribution >= 0.6 is 36.6 Å². The number of thiazole rings is 1. The van der Waals surface area contributed by atoms with Gasteiger partial charge in [0.1, 0.15) is 9.86 Å². The molecule has 2 heterocycles. The number of oxazole rings is 1. The van der Waals surface area contributed by atoms with E-state index in [1.165, 1.54) is 4.70 Å². The summed E-state index contributed by atoms with van der Waals surface area (Å²) in [5.41, 5.74) is 2.68. The number of aromatic nitrogens is 2. The monoisotopic (exact) mass is 318 g/mol. The van der Waals surface area contributed by atoms with Crippen LogP contribution in [0.4, 0.5) is 0 Å². The predicted molar refractivity (Wildman–Crippen MR) is 88.1 cm³/mol. The number of hydrogen-bond acceptors (Lipinski definition) is 6. The maximum atomic E-state index is 5.12. The highest BCUT2D eigenvalue weighted by Gasteiger charge is 1.98. The first-order valence-electron chi connectivity index (χ1n) is 5.81. The van der Waals surface area contributed by atoms with Crippen molar-refractivity contribution in [3.63, 3.8) is 0 Å². The first-order chi connectivity index (χ1) is 9.72. The van der Waals surface area contributed by atoms with Crippen LogP contribution in [-0.4, -0.2) is 9.97 Å². The third-order valence-electron chi connectivity index (χ3n) is 2.57. The van der Waals surface area contributed by atoms with Gasteiger partial charge in [0, 0.05) is 0 Å². The second-order valence-electron chi connectivity index (χ2n) is 3.93. The fourth-order valence-electron chi connectivity index (χ4n) is 1.72. The smallest absolute Gasteiger partial charge is 0.253 e. The zero-order chi connectivity index (χ0) is 13.9. The molecule has 0 unspecified atom stereocenters. The topological polar surface area (TPSA) is 38.9 Å². The third-order valence-corrected chi connectivity index (χ3v) is 3.97. The molecule has 2 aromatic heterocycles. The Hall–Kier alpha value is -1.50. The van der Waals surface area contributed by atoms with Gasteiger partial charge in [-0.25, -0.2) is 9.97 Å². The Morgan fingerprint density at radius 3 is 2.30 bits per heavy atom. The van der Waals surface area contributed by atoms with Crippen LogP contribution in [0.1, 0.15) is 0 Å². The van der Waals surface area contributed by atoms with Crippen molar-refractivity contribution < 1.29 is 4.42 Å². The maximum Gasteiger partial charge on any atom is 0.253 e. The molecule has 4 aromatic rings. The van der Waals surface area contributed by atoms with E-state index in [4.69, 9.17) is 4.42 Å². The summed E-state index contributed by atoms with van der Waals surface area (Å²) in [5, 5.41) is 0.418. The zero-order valence-electron chi connectivity index (χ0n) is 10.2.